The van der Waals surface area contributed by atoms with Gasteiger partial charge in [0, 0.05) is 24.3 Å². The Kier molecular flexibility index (Phi) is 5.08. The van der Waals surface area contributed by atoms with Crippen molar-refractivity contribution in [3.63, 3.8) is 0 Å². The van der Waals surface area contributed by atoms with E-state index in [0.717, 1.165) is 31.5 Å². The van der Waals surface area contributed by atoms with Crippen LogP contribution in [0.15, 0.2) is 36.7 Å². The van der Waals surface area contributed by atoms with Crippen molar-refractivity contribution in [2.75, 3.05) is 11.9 Å². The van der Waals surface area contributed by atoms with Gasteiger partial charge in [0.25, 0.3) is 5.91 Å². The SMILES string of the molecule is CCC1CCCCN1C(=O)c1cc(Nc2ccc(C)cc2)ncn1. The number of piperidine rings is 1. The van der Waals surface area contributed by atoms with Gasteiger partial charge in [0.2, 0.25) is 0 Å². The third-order valence-electron chi connectivity index (χ3n) is 4.57. The fourth-order valence-electron chi connectivity index (χ4n) is 3.17. The minimum Gasteiger partial charge on any atom is -0.340 e. The molecule has 2 aromatic rings. The monoisotopic (exact) mass is 324 g/mol. The smallest absolute Gasteiger partial charge is 0.272 e. The first kappa shape index (κ1) is 16.4. The predicted octanol–water partition coefficient (Wildman–Crippen LogP) is 3.93. The summed E-state index contributed by atoms with van der Waals surface area (Å²) in [5.74, 6) is 0.651. The van der Waals surface area contributed by atoms with Gasteiger partial charge in [-0.2, -0.15) is 0 Å². The second-order valence-corrected chi connectivity index (χ2v) is 6.34. The second-order valence-electron chi connectivity index (χ2n) is 6.34. The van der Waals surface area contributed by atoms with Crippen LogP contribution in [0.4, 0.5) is 11.5 Å². The van der Waals surface area contributed by atoms with E-state index in [1.165, 1.54) is 18.3 Å². The third kappa shape index (κ3) is 3.72. The molecule has 1 N–H and O–H groups in total. The molecule has 1 aromatic carbocycles. The second kappa shape index (κ2) is 7.43. The first-order valence-electron chi connectivity index (χ1n) is 8.64. The Bertz CT molecular complexity index is 699. The van der Waals surface area contributed by atoms with Crippen LogP contribution >= 0.6 is 0 Å². The highest BCUT2D eigenvalue weighted by Gasteiger charge is 2.27. The Hall–Kier alpha value is -2.43. The van der Waals surface area contributed by atoms with E-state index in [1.807, 2.05) is 36.1 Å². The van der Waals surface area contributed by atoms with Crippen LogP contribution in [0, 0.1) is 6.92 Å². The van der Waals surface area contributed by atoms with Gasteiger partial charge in [-0.3, -0.25) is 4.79 Å². The Labute approximate surface area is 143 Å². The summed E-state index contributed by atoms with van der Waals surface area (Å²) < 4.78 is 0. The molecule has 0 aliphatic carbocycles. The zero-order chi connectivity index (χ0) is 16.9. The lowest BCUT2D eigenvalue weighted by Gasteiger charge is -2.35. The highest BCUT2D eigenvalue weighted by molar-refractivity contribution is 5.93. The summed E-state index contributed by atoms with van der Waals surface area (Å²) in [4.78, 5) is 23.2. The summed E-state index contributed by atoms with van der Waals surface area (Å²) in [5.41, 5.74) is 2.61. The summed E-state index contributed by atoms with van der Waals surface area (Å²) >= 11 is 0. The Morgan fingerprint density at radius 3 is 2.79 bits per heavy atom. The summed E-state index contributed by atoms with van der Waals surface area (Å²) in [6.45, 7) is 5.01. The predicted molar refractivity (Wildman–Crippen MR) is 95.5 cm³/mol. The lowest BCUT2D eigenvalue weighted by molar-refractivity contribution is 0.0602. The molecule has 2 heterocycles. The minimum atomic E-state index is 0.0101. The topological polar surface area (TPSA) is 58.1 Å². The van der Waals surface area contributed by atoms with Crippen LogP contribution in [0.3, 0.4) is 0 Å². The van der Waals surface area contributed by atoms with E-state index in [1.54, 1.807) is 6.07 Å². The number of likely N-dealkylation sites (tertiary alicyclic amines) is 1. The number of benzene rings is 1. The summed E-state index contributed by atoms with van der Waals surface area (Å²) in [5, 5.41) is 3.23. The van der Waals surface area contributed by atoms with Gasteiger partial charge in [0.05, 0.1) is 0 Å². The molecule has 0 saturated carbocycles. The van der Waals surface area contributed by atoms with Gasteiger partial charge in [-0.1, -0.05) is 24.6 Å². The van der Waals surface area contributed by atoms with Gasteiger partial charge in [-0.25, -0.2) is 9.97 Å². The van der Waals surface area contributed by atoms with Crippen LogP contribution in [-0.4, -0.2) is 33.4 Å². The molecule has 1 aliphatic rings. The van der Waals surface area contributed by atoms with Crippen molar-refractivity contribution in [1.29, 1.82) is 0 Å². The van der Waals surface area contributed by atoms with Crippen molar-refractivity contribution in [2.45, 2.75) is 45.6 Å². The first-order chi connectivity index (χ1) is 11.7. The zero-order valence-electron chi connectivity index (χ0n) is 14.3. The molecular weight excluding hydrogens is 300 g/mol. The molecule has 5 nitrogen and oxygen atoms in total. The lowest BCUT2D eigenvalue weighted by atomic mass is 9.99. The van der Waals surface area contributed by atoms with Crippen LogP contribution in [0.5, 0.6) is 0 Å². The maximum Gasteiger partial charge on any atom is 0.272 e. The van der Waals surface area contributed by atoms with Crippen molar-refractivity contribution < 1.29 is 4.79 Å². The standard InChI is InChI=1S/C19H24N4O/c1-3-16-6-4-5-11-23(16)19(24)17-12-18(21-13-20-17)22-15-9-7-14(2)8-10-15/h7-10,12-13,16H,3-6,11H2,1-2H3,(H,20,21,22). The number of rotatable bonds is 4. The number of anilines is 2. The number of hydrogen-bond acceptors (Lipinski definition) is 4. The molecule has 1 atom stereocenters. The maximum absolute atomic E-state index is 12.8. The number of amides is 1. The van der Waals surface area contributed by atoms with Crippen LogP contribution < -0.4 is 5.32 Å². The number of nitrogens with zero attached hydrogens (tertiary/aromatic N) is 3. The van der Waals surface area contributed by atoms with Crippen LogP contribution in [0.25, 0.3) is 0 Å². The van der Waals surface area contributed by atoms with Gasteiger partial charge in [0.1, 0.15) is 17.8 Å². The van der Waals surface area contributed by atoms with Gasteiger partial charge >= 0.3 is 0 Å². The van der Waals surface area contributed by atoms with Gasteiger partial charge in [-0.15, -0.1) is 0 Å². The molecule has 1 amide bonds. The molecule has 5 heteroatoms. The maximum atomic E-state index is 12.8. The normalized spacial score (nSPS) is 17.6. The fourth-order valence-corrected chi connectivity index (χ4v) is 3.17. The lowest BCUT2D eigenvalue weighted by Crippen LogP contribution is -2.43. The third-order valence-corrected chi connectivity index (χ3v) is 4.57. The number of carbonyl (C=O) groups excluding carboxylic acids is 1. The van der Waals surface area contributed by atoms with Gasteiger partial charge in [-0.05, 0) is 44.7 Å². The molecule has 1 saturated heterocycles. The highest BCUT2D eigenvalue weighted by atomic mass is 16.2. The summed E-state index contributed by atoms with van der Waals surface area (Å²) in [7, 11) is 0. The van der Waals surface area contributed by atoms with E-state index in [0.29, 0.717) is 17.6 Å². The Morgan fingerprint density at radius 1 is 1.25 bits per heavy atom. The van der Waals surface area contributed by atoms with Crippen LogP contribution in [0.1, 0.15) is 48.7 Å². The highest BCUT2D eigenvalue weighted by Crippen LogP contribution is 2.22. The molecule has 0 bridgehead atoms. The molecule has 1 aromatic heterocycles. The molecule has 1 aliphatic heterocycles. The van der Waals surface area contributed by atoms with Crippen molar-refractivity contribution in [1.82, 2.24) is 14.9 Å². The molecule has 0 radical (unpaired) electrons. The van der Waals surface area contributed by atoms with Crippen molar-refractivity contribution >= 4 is 17.4 Å². The average Bonchev–Trinajstić information content (AvgIpc) is 2.63. The minimum absolute atomic E-state index is 0.0101. The largest absolute Gasteiger partial charge is 0.340 e. The van der Waals surface area contributed by atoms with E-state index in [9.17, 15) is 4.79 Å². The number of carbonyl (C=O) groups is 1. The number of hydrogen-bond donors (Lipinski definition) is 1. The van der Waals surface area contributed by atoms with E-state index >= 15 is 0 Å². The van der Waals surface area contributed by atoms with Crippen LogP contribution in [0.2, 0.25) is 0 Å². The fraction of sp³-hybridized carbons (Fsp3) is 0.421. The number of aryl methyl sites for hydroxylation is 1. The quantitative estimate of drug-likeness (QED) is 0.925. The van der Waals surface area contributed by atoms with E-state index < -0.39 is 0 Å². The molecule has 3 rings (SSSR count). The molecule has 1 fully saturated rings. The Balaban J connectivity index is 1.76. The van der Waals surface area contributed by atoms with Crippen molar-refractivity contribution in [2.24, 2.45) is 0 Å². The average molecular weight is 324 g/mol. The number of aromatic nitrogens is 2. The van der Waals surface area contributed by atoms with Crippen LogP contribution in [-0.2, 0) is 0 Å². The zero-order valence-corrected chi connectivity index (χ0v) is 14.3. The summed E-state index contributed by atoms with van der Waals surface area (Å²) in [6, 6.07) is 10.1. The van der Waals surface area contributed by atoms with E-state index in [-0.39, 0.29) is 5.91 Å². The molecular formula is C19H24N4O. The van der Waals surface area contributed by atoms with Gasteiger partial charge < -0.3 is 10.2 Å². The molecule has 126 valence electrons. The van der Waals surface area contributed by atoms with Crippen molar-refractivity contribution in [3.8, 4) is 0 Å². The van der Waals surface area contributed by atoms with Crippen molar-refractivity contribution in [3.05, 3.63) is 47.9 Å². The van der Waals surface area contributed by atoms with E-state index in [4.69, 9.17) is 0 Å². The van der Waals surface area contributed by atoms with E-state index in [2.05, 4.69) is 22.2 Å². The Morgan fingerprint density at radius 2 is 2.04 bits per heavy atom. The summed E-state index contributed by atoms with van der Waals surface area (Å²) in [6.07, 6.45) is 5.80. The van der Waals surface area contributed by atoms with Gasteiger partial charge in [0.15, 0.2) is 0 Å². The molecule has 0 spiro atoms. The first-order valence-corrected chi connectivity index (χ1v) is 8.64. The molecule has 24 heavy (non-hydrogen) atoms. The number of nitrogens with one attached hydrogen (secondary N) is 1. The molecule has 1 unspecified atom stereocenters.